The lowest BCUT2D eigenvalue weighted by atomic mass is 10.1. The van der Waals surface area contributed by atoms with Crippen molar-refractivity contribution in [1.82, 2.24) is 24.9 Å². The molecule has 1 aromatic carbocycles. The van der Waals surface area contributed by atoms with Crippen molar-refractivity contribution in [3.05, 3.63) is 48.8 Å². The van der Waals surface area contributed by atoms with E-state index in [1.807, 2.05) is 24.5 Å². The Morgan fingerprint density at radius 1 is 1.04 bits per heavy atom. The zero-order chi connectivity index (χ0) is 15.8. The van der Waals surface area contributed by atoms with E-state index in [1.165, 1.54) is 0 Å². The molecular weight excluding hydrogens is 286 g/mol. The van der Waals surface area contributed by atoms with E-state index >= 15 is 0 Å². The van der Waals surface area contributed by atoms with E-state index in [4.69, 9.17) is 0 Å². The quantitative estimate of drug-likeness (QED) is 0.625. The Hall–Kier alpha value is -2.82. The van der Waals surface area contributed by atoms with E-state index in [0.717, 1.165) is 45.4 Å². The maximum Gasteiger partial charge on any atom is 0.141 e. The first-order valence-electron chi connectivity index (χ1n) is 7.75. The molecule has 3 heterocycles. The van der Waals surface area contributed by atoms with Crippen molar-refractivity contribution in [2.24, 2.45) is 5.92 Å². The summed E-state index contributed by atoms with van der Waals surface area (Å²) in [6.45, 7) is 4.34. The third-order valence-electron chi connectivity index (χ3n) is 3.85. The van der Waals surface area contributed by atoms with Gasteiger partial charge in [0.25, 0.3) is 0 Å². The Bertz CT molecular complexity index is 987. The first kappa shape index (κ1) is 13.8. The van der Waals surface area contributed by atoms with E-state index < -0.39 is 0 Å². The van der Waals surface area contributed by atoms with Gasteiger partial charge in [0.2, 0.25) is 0 Å². The molecule has 5 nitrogen and oxygen atoms in total. The Kier molecular flexibility index (Phi) is 3.26. The van der Waals surface area contributed by atoms with Gasteiger partial charge in [-0.1, -0.05) is 19.9 Å². The fourth-order valence-corrected chi connectivity index (χ4v) is 2.78. The molecule has 5 heteroatoms. The molecule has 0 aliphatic carbocycles. The highest BCUT2D eigenvalue weighted by Gasteiger charge is 2.10. The summed E-state index contributed by atoms with van der Waals surface area (Å²) in [5.41, 5.74) is 4.83. The number of fused-ring (bicyclic) bond motifs is 2. The second-order valence-corrected chi connectivity index (χ2v) is 6.11. The Morgan fingerprint density at radius 3 is 2.70 bits per heavy atom. The molecule has 4 rings (SSSR count). The Balaban J connectivity index is 1.81. The van der Waals surface area contributed by atoms with Gasteiger partial charge in [-0.2, -0.15) is 0 Å². The summed E-state index contributed by atoms with van der Waals surface area (Å²) in [6, 6.07) is 6.10. The molecule has 0 saturated carbocycles. The molecule has 0 radical (unpaired) electrons. The van der Waals surface area contributed by atoms with Crippen LogP contribution < -0.4 is 0 Å². The van der Waals surface area contributed by atoms with Gasteiger partial charge in [0.05, 0.1) is 11.0 Å². The van der Waals surface area contributed by atoms with Crippen LogP contribution in [0.3, 0.4) is 0 Å². The van der Waals surface area contributed by atoms with Crippen LogP contribution in [-0.4, -0.2) is 24.9 Å². The van der Waals surface area contributed by atoms with Crippen LogP contribution in [0.2, 0.25) is 0 Å². The molecule has 1 N–H and O–H groups in total. The number of benzene rings is 1. The number of H-pyrrole nitrogens is 1. The third kappa shape index (κ3) is 2.54. The van der Waals surface area contributed by atoms with Crippen LogP contribution in [0.15, 0.2) is 43.0 Å². The fourth-order valence-electron chi connectivity index (χ4n) is 2.78. The van der Waals surface area contributed by atoms with E-state index in [2.05, 4.69) is 44.8 Å². The monoisotopic (exact) mass is 303 g/mol. The molecule has 0 atom stereocenters. The zero-order valence-corrected chi connectivity index (χ0v) is 13.1. The molecule has 0 spiro atoms. The SMILES string of the molecule is CC(C)Cc1ncc2c(-c3ccc4nccnc4c3)c[nH]c2n1. The normalized spacial score (nSPS) is 11.6. The summed E-state index contributed by atoms with van der Waals surface area (Å²) in [6.07, 6.45) is 8.19. The molecule has 0 bridgehead atoms. The van der Waals surface area contributed by atoms with Gasteiger partial charge in [0.1, 0.15) is 11.5 Å². The van der Waals surface area contributed by atoms with Crippen LogP contribution >= 0.6 is 0 Å². The fraction of sp³-hybridized carbons (Fsp3) is 0.222. The minimum absolute atomic E-state index is 0.543. The molecule has 0 fully saturated rings. The van der Waals surface area contributed by atoms with Crippen LogP contribution in [0.5, 0.6) is 0 Å². The lowest BCUT2D eigenvalue weighted by Crippen LogP contribution is -2.00. The predicted molar refractivity (Wildman–Crippen MR) is 91.0 cm³/mol. The van der Waals surface area contributed by atoms with E-state index in [1.54, 1.807) is 12.4 Å². The highest BCUT2D eigenvalue weighted by molar-refractivity contribution is 5.95. The minimum atomic E-state index is 0.543. The van der Waals surface area contributed by atoms with Crippen molar-refractivity contribution in [3.8, 4) is 11.1 Å². The van der Waals surface area contributed by atoms with Crippen LogP contribution in [0.1, 0.15) is 19.7 Å². The van der Waals surface area contributed by atoms with Gasteiger partial charge in [-0.3, -0.25) is 9.97 Å². The molecule has 0 amide bonds. The number of rotatable bonds is 3. The standard InChI is InChI=1S/C18H17N5/c1-11(2)7-17-21-10-14-13(9-22-18(14)23-17)12-3-4-15-16(8-12)20-6-5-19-15/h3-6,8-11H,7H2,1-2H3,(H,21,22,23). The summed E-state index contributed by atoms with van der Waals surface area (Å²) in [4.78, 5) is 21.1. The maximum absolute atomic E-state index is 4.63. The number of hydrogen-bond acceptors (Lipinski definition) is 4. The number of nitrogens with one attached hydrogen (secondary N) is 1. The smallest absolute Gasteiger partial charge is 0.141 e. The highest BCUT2D eigenvalue weighted by atomic mass is 14.9. The van der Waals surface area contributed by atoms with E-state index in [0.29, 0.717) is 5.92 Å². The summed E-state index contributed by atoms with van der Waals surface area (Å²) in [5.74, 6) is 1.42. The first-order valence-corrected chi connectivity index (χ1v) is 7.75. The molecule has 0 aliphatic rings. The minimum Gasteiger partial charge on any atom is -0.345 e. The van der Waals surface area contributed by atoms with Crippen molar-refractivity contribution >= 4 is 22.1 Å². The molecule has 0 aliphatic heterocycles. The molecule has 114 valence electrons. The second-order valence-electron chi connectivity index (χ2n) is 6.11. The van der Waals surface area contributed by atoms with Crippen LogP contribution in [0, 0.1) is 5.92 Å². The maximum atomic E-state index is 4.63. The largest absolute Gasteiger partial charge is 0.345 e. The van der Waals surface area contributed by atoms with Crippen LogP contribution in [0.4, 0.5) is 0 Å². The summed E-state index contributed by atoms with van der Waals surface area (Å²) in [7, 11) is 0. The first-order chi connectivity index (χ1) is 11.2. The van der Waals surface area contributed by atoms with Crippen molar-refractivity contribution < 1.29 is 0 Å². The second kappa shape index (κ2) is 5.43. The van der Waals surface area contributed by atoms with Crippen LogP contribution in [0.25, 0.3) is 33.2 Å². The van der Waals surface area contributed by atoms with Crippen molar-refractivity contribution in [2.45, 2.75) is 20.3 Å². The highest BCUT2D eigenvalue weighted by Crippen LogP contribution is 2.29. The van der Waals surface area contributed by atoms with Gasteiger partial charge in [0, 0.05) is 42.2 Å². The summed E-state index contributed by atoms with van der Waals surface area (Å²) in [5, 5.41) is 1.03. The van der Waals surface area contributed by atoms with Gasteiger partial charge in [-0.25, -0.2) is 9.97 Å². The lowest BCUT2D eigenvalue weighted by Gasteiger charge is -2.04. The number of aromatic nitrogens is 5. The average Bonchev–Trinajstić information content (AvgIpc) is 2.97. The molecule has 23 heavy (non-hydrogen) atoms. The molecular formula is C18H17N5. The zero-order valence-electron chi connectivity index (χ0n) is 13.1. The third-order valence-corrected chi connectivity index (χ3v) is 3.85. The van der Waals surface area contributed by atoms with Gasteiger partial charge < -0.3 is 4.98 Å². The Morgan fingerprint density at radius 2 is 1.87 bits per heavy atom. The Labute approximate surface area is 133 Å². The molecule has 0 unspecified atom stereocenters. The number of hydrogen-bond donors (Lipinski definition) is 1. The molecule has 0 saturated heterocycles. The molecule has 4 aromatic rings. The average molecular weight is 303 g/mol. The van der Waals surface area contributed by atoms with Gasteiger partial charge in [-0.05, 0) is 23.6 Å². The summed E-state index contributed by atoms with van der Waals surface area (Å²) >= 11 is 0. The van der Waals surface area contributed by atoms with Crippen LogP contribution in [-0.2, 0) is 6.42 Å². The van der Waals surface area contributed by atoms with Crippen molar-refractivity contribution in [1.29, 1.82) is 0 Å². The van der Waals surface area contributed by atoms with Gasteiger partial charge in [0.15, 0.2) is 0 Å². The van der Waals surface area contributed by atoms with Crippen molar-refractivity contribution in [2.75, 3.05) is 0 Å². The van der Waals surface area contributed by atoms with Crippen molar-refractivity contribution in [3.63, 3.8) is 0 Å². The summed E-state index contributed by atoms with van der Waals surface area (Å²) < 4.78 is 0. The number of nitrogens with zero attached hydrogens (tertiary/aromatic N) is 4. The lowest BCUT2D eigenvalue weighted by molar-refractivity contribution is 0.622. The van der Waals surface area contributed by atoms with E-state index in [-0.39, 0.29) is 0 Å². The molecule has 3 aromatic heterocycles. The van der Waals surface area contributed by atoms with Gasteiger partial charge in [-0.15, -0.1) is 0 Å². The topological polar surface area (TPSA) is 67.3 Å². The predicted octanol–water partition coefficient (Wildman–Crippen LogP) is 3.77. The number of aromatic amines is 1. The van der Waals surface area contributed by atoms with Gasteiger partial charge >= 0.3 is 0 Å². The van der Waals surface area contributed by atoms with E-state index in [9.17, 15) is 0 Å².